The van der Waals surface area contributed by atoms with Crippen molar-refractivity contribution in [3.05, 3.63) is 69.8 Å². The number of hydrogen-bond donors (Lipinski definition) is 2. The topological polar surface area (TPSA) is 148 Å². The Kier molecular flexibility index (Phi) is 7.32. The number of alkyl halides is 3. The van der Waals surface area contributed by atoms with Gasteiger partial charge in [-0.1, -0.05) is 24.3 Å². The molecular weight excluding hydrogens is 477 g/mol. The van der Waals surface area contributed by atoms with Gasteiger partial charge in [-0.05, 0) is 18.2 Å². The Bertz CT molecular complexity index is 1190. The van der Waals surface area contributed by atoms with Gasteiger partial charge in [0.1, 0.15) is 5.56 Å². The number of halogens is 3. The fraction of sp³-hybridized carbons (Fsp3) is 0.238. The van der Waals surface area contributed by atoms with Crippen LogP contribution in [0.15, 0.2) is 48.5 Å². The number of para-hydroxylation sites is 2. The average molecular weight is 494 g/mol. The van der Waals surface area contributed by atoms with Crippen molar-refractivity contribution in [2.75, 3.05) is 18.5 Å². The highest BCUT2D eigenvalue weighted by atomic mass is 19.4. The van der Waals surface area contributed by atoms with Crippen molar-refractivity contribution in [3.63, 3.8) is 0 Å². The molecule has 3 amide bonds. The van der Waals surface area contributed by atoms with E-state index in [1.54, 1.807) is 0 Å². The van der Waals surface area contributed by atoms with Crippen LogP contribution in [0.4, 0.5) is 24.5 Å². The van der Waals surface area contributed by atoms with Gasteiger partial charge in [0.15, 0.2) is 6.61 Å². The average Bonchev–Trinajstić information content (AvgIpc) is 3.17. The van der Waals surface area contributed by atoms with Crippen molar-refractivity contribution in [2.45, 2.75) is 12.6 Å². The number of esters is 1. The van der Waals surface area contributed by atoms with E-state index < -0.39 is 64.3 Å². The third-order valence-corrected chi connectivity index (χ3v) is 4.89. The van der Waals surface area contributed by atoms with Gasteiger partial charge in [0.05, 0.1) is 28.6 Å². The first kappa shape index (κ1) is 25.1. The van der Waals surface area contributed by atoms with E-state index in [1.807, 2.05) is 5.32 Å². The minimum atomic E-state index is -4.71. The molecule has 3 rings (SSSR count). The molecule has 35 heavy (non-hydrogen) atoms. The highest BCUT2D eigenvalue weighted by Gasteiger charge is 2.38. The molecule has 1 aliphatic rings. The maximum atomic E-state index is 13.0. The number of rotatable bonds is 7. The molecular formula is C21H17F3N4O7. The maximum absolute atomic E-state index is 13.0. The Morgan fingerprint density at radius 2 is 1.77 bits per heavy atom. The smallest absolute Gasteiger partial charge is 0.418 e. The third-order valence-electron chi connectivity index (χ3n) is 4.89. The summed E-state index contributed by atoms with van der Waals surface area (Å²) in [5.41, 5.74) is -0.181. The number of carbonyl (C=O) groups is 4. The predicted octanol–water partition coefficient (Wildman–Crippen LogP) is 2.29. The highest BCUT2D eigenvalue weighted by molar-refractivity contribution is 5.99. The monoisotopic (exact) mass is 494 g/mol. The van der Waals surface area contributed by atoms with E-state index in [9.17, 15) is 42.5 Å². The summed E-state index contributed by atoms with van der Waals surface area (Å²) in [7, 11) is 0. The number of nitrogens with zero attached hydrogens (tertiary/aromatic N) is 2. The lowest BCUT2D eigenvalue weighted by Gasteiger charge is -2.17. The zero-order valence-electron chi connectivity index (χ0n) is 17.7. The van der Waals surface area contributed by atoms with Crippen LogP contribution in [0, 0.1) is 16.0 Å². The van der Waals surface area contributed by atoms with Crippen molar-refractivity contribution in [1.29, 1.82) is 0 Å². The number of nitro groups is 1. The fourth-order valence-corrected chi connectivity index (χ4v) is 3.26. The normalized spacial score (nSPS) is 15.5. The largest absolute Gasteiger partial charge is 0.455 e. The van der Waals surface area contributed by atoms with Crippen LogP contribution in [-0.4, -0.2) is 46.8 Å². The van der Waals surface area contributed by atoms with Crippen molar-refractivity contribution >= 4 is 35.1 Å². The van der Waals surface area contributed by atoms with Gasteiger partial charge in [0.2, 0.25) is 5.91 Å². The van der Waals surface area contributed by atoms with Gasteiger partial charge in [0, 0.05) is 12.5 Å². The van der Waals surface area contributed by atoms with E-state index in [2.05, 4.69) is 5.43 Å². The van der Waals surface area contributed by atoms with Gasteiger partial charge in [-0.15, -0.1) is 0 Å². The molecule has 1 heterocycles. The molecule has 1 aliphatic heterocycles. The third kappa shape index (κ3) is 6.10. The highest BCUT2D eigenvalue weighted by Crippen LogP contribution is 2.34. The first-order chi connectivity index (χ1) is 16.5. The van der Waals surface area contributed by atoms with Gasteiger partial charge in [-0.2, -0.15) is 13.2 Å². The Balaban J connectivity index is 1.55. The summed E-state index contributed by atoms with van der Waals surface area (Å²) in [6.07, 6.45) is -5.09. The predicted molar refractivity (Wildman–Crippen MR) is 111 cm³/mol. The Morgan fingerprint density at radius 1 is 1.11 bits per heavy atom. The van der Waals surface area contributed by atoms with Gasteiger partial charge in [-0.25, -0.2) is 0 Å². The molecule has 0 saturated carbocycles. The number of ether oxygens (including phenoxy) is 1. The SMILES string of the molecule is O=C(COC(=O)[C@H]1CC(=O)N(NC(=O)c2ccccc2[N+](=O)[O-])C1)Nc1ccccc1C(F)(F)F. The fourth-order valence-electron chi connectivity index (χ4n) is 3.26. The number of carbonyl (C=O) groups excluding carboxylic acids is 4. The second-order valence-electron chi connectivity index (χ2n) is 7.32. The summed E-state index contributed by atoms with van der Waals surface area (Å²) in [4.78, 5) is 59.1. The summed E-state index contributed by atoms with van der Waals surface area (Å²) in [6, 6.07) is 9.30. The van der Waals surface area contributed by atoms with Crippen LogP contribution in [0.25, 0.3) is 0 Å². The molecule has 2 aromatic rings. The molecule has 14 heteroatoms. The lowest BCUT2D eigenvalue weighted by atomic mass is 10.1. The number of hydrogen-bond acceptors (Lipinski definition) is 7. The van der Waals surface area contributed by atoms with Crippen LogP contribution >= 0.6 is 0 Å². The first-order valence-electron chi connectivity index (χ1n) is 9.95. The molecule has 1 saturated heterocycles. The zero-order chi connectivity index (χ0) is 25.8. The van der Waals surface area contributed by atoms with E-state index in [1.165, 1.54) is 24.3 Å². The Hall–Kier alpha value is -4.49. The van der Waals surface area contributed by atoms with Crippen LogP contribution in [0.1, 0.15) is 22.3 Å². The van der Waals surface area contributed by atoms with E-state index in [-0.39, 0.29) is 18.5 Å². The molecule has 0 bridgehead atoms. The summed E-state index contributed by atoms with van der Waals surface area (Å²) >= 11 is 0. The van der Waals surface area contributed by atoms with E-state index in [4.69, 9.17) is 4.74 Å². The van der Waals surface area contributed by atoms with Gasteiger partial charge >= 0.3 is 12.1 Å². The van der Waals surface area contributed by atoms with E-state index in [0.29, 0.717) is 0 Å². The van der Waals surface area contributed by atoms with Crippen molar-refractivity contribution in [1.82, 2.24) is 10.4 Å². The number of amides is 3. The van der Waals surface area contributed by atoms with E-state index in [0.717, 1.165) is 29.3 Å². The quantitative estimate of drug-likeness (QED) is 0.341. The van der Waals surface area contributed by atoms with Crippen LogP contribution in [0.3, 0.4) is 0 Å². The molecule has 2 N–H and O–H groups in total. The maximum Gasteiger partial charge on any atom is 0.418 e. The molecule has 1 atom stereocenters. The van der Waals surface area contributed by atoms with Crippen molar-refractivity contribution < 1.29 is 42.0 Å². The number of anilines is 1. The van der Waals surface area contributed by atoms with Gasteiger partial charge in [-0.3, -0.25) is 39.7 Å². The lowest BCUT2D eigenvalue weighted by Crippen LogP contribution is -2.43. The molecule has 1 fully saturated rings. The lowest BCUT2D eigenvalue weighted by molar-refractivity contribution is -0.385. The molecule has 184 valence electrons. The minimum absolute atomic E-state index is 0.299. The van der Waals surface area contributed by atoms with Crippen LogP contribution in [0.5, 0.6) is 0 Å². The minimum Gasteiger partial charge on any atom is -0.455 e. The van der Waals surface area contributed by atoms with E-state index >= 15 is 0 Å². The Labute approximate surface area is 195 Å². The molecule has 0 spiro atoms. The van der Waals surface area contributed by atoms with Crippen LogP contribution < -0.4 is 10.7 Å². The Morgan fingerprint density at radius 3 is 2.46 bits per heavy atom. The number of nitro benzene ring substituents is 1. The standard InChI is InChI=1S/C21H17F3N4O7/c22-21(23,24)14-6-2-3-7-15(14)25-17(29)11-35-20(32)12-9-18(30)27(10-12)26-19(31)13-5-1-4-8-16(13)28(33)34/h1-8,12H,9-11H2,(H,25,29)(H,26,31)/t12-/m0/s1. The number of hydrazine groups is 1. The molecule has 0 radical (unpaired) electrons. The molecule has 2 aromatic carbocycles. The molecule has 0 aromatic heterocycles. The molecule has 11 nitrogen and oxygen atoms in total. The van der Waals surface area contributed by atoms with Gasteiger partial charge in [0.25, 0.3) is 17.5 Å². The zero-order valence-corrected chi connectivity index (χ0v) is 17.7. The van der Waals surface area contributed by atoms with Crippen LogP contribution in [-0.2, 0) is 25.3 Å². The number of nitrogens with one attached hydrogen (secondary N) is 2. The molecule has 0 aliphatic carbocycles. The summed E-state index contributed by atoms with van der Waals surface area (Å²) < 4.78 is 43.9. The van der Waals surface area contributed by atoms with Crippen molar-refractivity contribution in [2.24, 2.45) is 5.92 Å². The second-order valence-corrected chi connectivity index (χ2v) is 7.32. The van der Waals surface area contributed by atoms with Gasteiger partial charge < -0.3 is 10.1 Å². The number of benzene rings is 2. The summed E-state index contributed by atoms with van der Waals surface area (Å²) in [5.74, 6) is -4.71. The summed E-state index contributed by atoms with van der Waals surface area (Å²) in [5, 5.41) is 13.9. The van der Waals surface area contributed by atoms with Crippen molar-refractivity contribution in [3.8, 4) is 0 Å². The second kappa shape index (κ2) is 10.2. The van der Waals surface area contributed by atoms with Crippen LogP contribution in [0.2, 0.25) is 0 Å². The first-order valence-corrected chi connectivity index (χ1v) is 9.95. The summed E-state index contributed by atoms with van der Waals surface area (Å²) in [6.45, 7) is -1.24. The molecule has 0 unspecified atom stereocenters.